The molecule has 0 N–H and O–H groups in total. The SMILES string of the molecule is CCC[SiH]1CCC([C@H]2CC[C@H](CCBr)CC2)CC1. The van der Waals surface area contributed by atoms with Crippen molar-refractivity contribution < 1.29 is 0 Å². The molecule has 0 aromatic heterocycles. The molecule has 106 valence electrons. The molecular formula is C16H31BrSi. The molecule has 1 aliphatic carbocycles. The molecule has 2 aliphatic rings. The maximum absolute atomic E-state index is 3.60. The fraction of sp³-hybridized carbons (Fsp3) is 1.00. The van der Waals surface area contributed by atoms with Gasteiger partial charge in [0.2, 0.25) is 0 Å². The lowest BCUT2D eigenvalue weighted by molar-refractivity contribution is 0.189. The quantitative estimate of drug-likeness (QED) is 0.453. The molecule has 0 spiro atoms. The van der Waals surface area contributed by atoms with Crippen LogP contribution in [0.3, 0.4) is 0 Å². The molecule has 0 atom stereocenters. The molecule has 0 bridgehead atoms. The Morgan fingerprint density at radius 1 is 0.944 bits per heavy atom. The monoisotopic (exact) mass is 330 g/mol. The lowest BCUT2D eigenvalue weighted by atomic mass is 9.73. The first-order chi connectivity index (χ1) is 8.83. The molecule has 2 rings (SSSR count). The maximum Gasteiger partial charge on any atom is 0.0367 e. The summed E-state index contributed by atoms with van der Waals surface area (Å²) < 4.78 is 0. The van der Waals surface area contributed by atoms with Crippen LogP contribution in [0.2, 0.25) is 18.1 Å². The Bertz CT molecular complexity index is 191. The van der Waals surface area contributed by atoms with Gasteiger partial charge in [-0.05, 0) is 37.0 Å². The fourth-order valence-electron chi connectivity index (χ4n) is 4.46. The van der Waals surface area contributed by atoms with E-state index >= 15 is 0 Å². The number of hydrogen-bond acceptors (Lipinski definition) is 0. The van der Waals surface area contributed by atoms with E-state index in [1.54, 1.807) is 43.8 Å². The second-order valence-corrected chi connectivity index (χ2v) is 11.1. The van der Waals surface area contributed by atoms with Crippen molar-refractivity contribution in [2.24, 2.45) is 17.8 Å². The van der Waals surface area contributed by atoms with E-state index in [1.807, 2.05) is 0 Å². The maximum atomic E-state index is 3.60. The average Bonchev–Trinajstić information content (AvgIpc) is 2.41. The van der Waals surface area contributed by atoms with Gasteiger partial charge in [-0.15, -0.1) is 0 Å². The van der Waals surface area contributed by atoms with Crippen LogP contribution < -0.4 is 0 Å². The van der Waals surface area contributed by atoms with Gasteiger partial charge in [-0.25, -0.2) is 0 Å². The van der Waals surface area contributed by atoms with Crippen LogP contribution in [-0.2, 0) is 0 Å². The Hall–Kier alpha value is 0.697. The average molecular weight is 331 g/mol. The largest absolute Gasteiger partial charge is 0.0928 e. The second kappa shape index (κ2) is 8.09. The van der Waals surface area contributed by atoms with Crippen molar-refractivity contribution in [1.29, 1.82) is 0 Å². The normalized spacial score (nSPS) is 37.7. The van der Waals surface area contributed by atoms with Crippen LogP contribution in [0.5, 0.6) is 0 Å². The van der Waals surface area contributed by atoms with Crippen molar-refractivity contribution in [1.82, 2.24) is 0 Å². The van der Waals surface area contributed by atoms with Gasteiger partial charge in [-0.1, -0.05) is 73.1 Å². The Morgan fingerprint density at radius 3 is 2.11 bits per heavy atom. The molecule has 2 heteroatoms. The first-order valence-corrected chi connectivity index (χ1v) is 12.0. The summed E-state index contributed by atoms with van der Waals surface area (Å²) in [5.74, 6) is 3.30. The first-order valence-electron chi connectivity index (χ1n) is 8.39. The summed E-state index contributed by atoms with van der Waals surface area (Å²) in [6, 6.07) is 4.99. The zero-order chi connectivity index (χ0) is 12.8. The summed E-state index contributed by atoms with van der Waals surface area (Å²) in [7, 11) is -0.249. The van der Waals surface area contributed by atoms with E-state index in [9.17, 15) is 0 Å². The Morgan fingerprint density at radius 2 is 1.56 bits per heavy atom. The molecule has 0 aromatic rings. The van der Waals surface area contributed by atoms with E-state index in [2.05, 4.69) is 22.9 Å². The molecule has 18 heavy (non-hydrogen) atoms. The highest BCUT2D eigenvalue weighted by atomic mass is 79.9. The highest BCUT2D eigenvalue weighted by molar-refractivity contribution is 9.09. The van der Waals surface area contributed by atoms with Crippen molar-refractivity contribution in [3.05, 3.63) is 0 Å². The van der Waals surface area contributed by atoms with Gasteiger partial charge in [-0.2, -0.15) is 0 Å². The van der Waals surface area contributed by atoms with Gasteiger partial charge >= 0.3 is 0 Å². The number of hydrogen-bond donors (Lipinski definition) is 0. The number of rotatable bonds is 5. The molecule has 2 fully saturated rings. The van der Waals surface area contributed by atoms with Crippen LogP contribution in [0.25, 0.3) is 0 Å². The van der Waals surface area contributed by atoms with E-state index in [1.165, 1.54) is 31.0 Å². The van der Waals surface area contributed by atoms with Crippen molar-refractivity contribution in [2.45, 2.75) is 76.4 Å². The Labute approximate surface area is 124 Å². The summed E-state index contributed by atoms with van der Waals surface area (Å²) in [6.07, 6.45) is 12.3. The predicted molar refractivity (Wildman–Crippen MR) is 88.4 cm³/mol. The molecule has 0 nitrogen and oxygen atoms in total. The fourth-order valence-corrected chi connectivity index (χ4v) is 8.59. The van der Waals surface area contributed by atoms with E-state index < -0.39 is 0 Å². The van der Waals surface area contributed by atoms with E-state index in [0.717, 1.165) is 17.8 Å². The van der Waals surface area contributed by atoms with Gasteiger partial charge in [0.1, 0.15) is 0 Å². The Kier molecular flexibility index (Phi) is 6.78. The number of halogens is 1. The lowest BCUT2D eigenvalue weighted by Crippen LogP contribution is -2.28. The minimum absolute atomic E-state index is 0.249. The van der Waals surface area contributed by atoms with E-state index in [4.69, 9.17) is 0 Å². The minimum Gasteiger partial charge on any atom is -0.0928 e. The van der Waals surface area contributed by atoms with E-state index in [0.29, 0.717) is 0 Å². The van der Waals surface area contributed by atoms with Crippen molar-refractivity contribution in [2.75, 3.05) is 5.33 Å². The zero-order valence-corrected chi connectivity index (χ0v) is 14.9. The summed E-state index contributed by atoms with van der Waals surface area (Å²) >= 11 is 3.60. The molecule has 1 heterocycles. The van der Waals surface area contributed by atoms with Gasteiger partial charge < -0.3 is 0 Å². The first kappa shape index (κ1) is 15.1. The molecule has 1 saturated heterocycles. The van der Waals surface area contributed by atoms with Crippen LogP contribution in [0, 0.1) is 17.8 Å². The van der Waals surface area contributed by atoms with Crippen LogP contribution in [0.4, 0.5) is 0 Å². The molecule has 0 unspecified atom stereocenters. The zero-order valence-electron chi connectivity index (χ0n) is 12.2. The highest BCUT2D eigenvalue weighted by Gasteiger charge is 2.30. The third-order valence-corrected chi connectivity index (χ3v) is 9.82. The van der Waals surface area contributed by atoms with Crippen molar-refractivity contribution in [3.63, 3.8) is 0 Å². The van der Waals surface area contributed by atoms with Crippen molar-refractivity contribution >= 4 is 24.7 Å². The molecule has 1 saturated carbocycles. The topological polar surface area (TPSA) is 0 Å². The van der Waals surface area contributed by atoms with Gasteiger partial charge in [0, 0.05) is 14.1 Å². The summed E-state index contributed by atoms with van der Waals surface area (Å²) in [6.45, 7) is 2.38. The lowest BCUT2D eigenvalue weighted by Gasteiger charge is -2.37. The molecule has 1 aliphatic heterocycles. The minimum atomic E-state index is -0.249. The van der Waals surface area contributed by atoms with Crippen LogP contribution in [-0.4, -0.2) is 14.1 Å². The van der Waals surface area contributed by atoms with Crippen LogP contribution >= 0.6 is 15.9 Å². The van der Waals surface area contributed by atoms with Crippen LogP contribution in [0.15, 0.2) is 0 Å². The molecule has 0 amide bonds. The smallest absolute Gasteiger partial charge is 0.0367 e. The second-order valence-electron chi connectivity index (χ2n) is 6.83. The van der Waals surface area contributed by atoms with Crippen LogP contribution in [0.1, 0.15) is 58.3 Å². The predicted octanol–water partition coefficient (Wildman–Crippen LogP) is 5.62. The highest BCUT2D eigenvalue weighted by Crippen LogP contribution is 2.41. The third kappa shape index (κ3) is 4.37. The molecule has 0 aromatic carbocycles. The Balaban J connectivity index is 1.68. The summed E-state index contributed by atoms with van der Waals surface area (Å²) in [5.41, 5.74) is 0. The molecular weight excluding hydrogens is 300 g/mol. The molecule has 0 radical (unpaired) electrons. The van der Waals surface area contributed by atoms with Gasteiger partial charge in [0.05, 0.1) is 0 Å². The summed E-state index contributed by atoms with van der Waals surface area (Å²) in [4.78, 5) is 0. The van der Waals surface area contributed by atoms with Gasteiger partial charge in [0.15, 0.2) is 0 Å². The third-order valence-electron chi connectivity index (χ3n) is 5.66. The number of alkyl halides is 1. The summed E-state index contributed by atoms with van der Waals surface area (Å²) in [5, 5.41) is 1.22. The van der Waals surface area contributed by atoms with E-state index in [-0.39, 0.29) is 8.80 Å². The standard InChI is InChI=1S/C16H31BrSi/c1-2-11-18-12-8-16(9-13-18)15-5-3-14(4-6-15)7-10-17/h14-16,18H,2-13H2,1H3/t14-,15-,16?,18?. The van der Waals surface area contributed by atoms with Gasteiger partial charge in [0.25, 0.3) is 0 Å². The van der Waals surface area contributed by atoms with Crippen molar-refractivity contribution in [3.8, 4) is 0 Å². The van der Waals surface area contributed by atoms with Gasteiger partial charge in [-0.3, -0.25) is 0 Å².